The van der Waals surface area contributed by atoms with Gasteiger partial charge in [-0.2, -0.15) is 0 Å². The maximum absolute atomic E-state index is 5.67. The smallest absolute Gasteiger partial charge is 0.0180 e. The summed E-state index contributed by atoms with van der Waals surface area (Å²) in [7, 11) is 0. The molecule has 0 saturated carbocycles. The van der Waals surface area contributed by atoms with E-state index in [1.54, 1.807) is 0 Å². The minimum atomic E-state index is 0.633. The van der Waals surface area contributed by atoms with Crippen molar-refractivity contribution in [2.45, 2.75) is 19.8 Å². The van der Waals surface area contributed by atoms with E-state index in [4.69, 9.17) is 5.73 Å². The highest BCUT2D eigenvalue weighted by atomic mass is 14.5. The molecule has 1 aliphatic carbocycles. The van der Waals surface area contributed by atoms with Crippen LogP contribution in [-0.2, 0) is 0 Å². The summed E-state index contributed by atoms with van der Waals surface area (Å²) in [6, 6.07) is 0. The minimum Gasteiger partial charge on any atom is -0.326 e. The molecule has 0 unspecified atom stereocenters. The van der Waals surface area contributed by atoms with E-state index in [0.717, 1.165) is 12.8 Å². The van der Waals surface area contributed by atoms with Crippen LogP contribution in [0.25, 0.3) is 0 Å². The van der Waals surface area contributed by atoms with Crippen LogP contribution in [0.15, 0.2) is 47.6 Å². The molecule has 1 nitrogen and oxygen atoms in total. The van der Waals surface area contributed by atoms with Crippen LogP contribution >= 0.6 is 0 Å². The molecule has 0 aromatic carbocycles. The van der Waals surface area contributed by atoms with Gasteiger partial charge in [-0.25, -0.2) is 0 Å². The van der Waals surface area contributed by atoms with Gasteiger partial charge in [0, 0.05) is 6.54 Å². The lowest BCUT2D eigenvalue weighted by molar-refractivity contribution is 0.968. The number of hydrogen-bond acceptors (Lipinski definition) is 1. The molecule has 1 heteroatoms. The number of rotatable bonds is 3. The van der Waals surface area contributed by atoms with Crippen LogP contribution < -0.4 is 5.73 Å². The summed E-state index contributed by atoms with van der Waals surface area (Å²) < 4.78 is 0. The highest BCUT2D eigenvalue weighted by Crippen LogP contribution is 2.24. The molecule has 70 valence electrons. The average molecular weight is 175 g/mol. The van der Waals surface area contributed by atoms with E-state index in [1.165, 1.54) is 16.7 Å². The Hall–Kier alpha value is -1.08. The first kappa shape index (κ1) is 10.0. The quantitative estimate of drug-likeness (QED) is 0.656. The third-order valence-corrected chi connectivity index (χ3v) is 2.26. The first-order chi connectivity index (χ1) is 6.29. The van der Waals surface area contributed by atoms with E-state index in [-0.39, 0.29) is 0 Å². The molecule has 0 atom stereocenters. The molecular weight excluding hydrogens is 158 g/mol. The van der Waals surface area contributed by atoms with Crippen molar-refractivity contribution in [1.29, 1.82) is 0 Å². The van der Waals surface area contributed by atoms with Gasteiger partial charge in [-0.1, -0.05) is 30.9 Å². The fraction of sp³-hybridized carbons (Fsp3) is 0.333. The monoisotopic (exact) mass is 175 g/mol. The van der Waals surface area contributed by atoms with Crippen molar-refractivity contribution in [2.75, 3.05) is 6.54 Å². The van der Waals surface area contributed by atoms with Crippen LogP contribution in [0.2, 0.25) is 0 Å². The largest absolute Gasteiger partial charge is 0.326 e. The van der Waals surface area contributed by atoms with Crippen molar-refractivity contribution >= 4 is 0 Å². The molecule has 0 fully saturated rings. The van der Waals surface area contributed by atoms with Crippen molar-refractivity contribution in [3.63, 3.8) is 0 Å². The summed E-state index contributed by atoms with van der Waals surface area (Å²) >= 11 is 0. The van der Waals surface area contributed by atoms with Crippen LogP contribution in [0.5, 0.6) is 0 Å². The van der Waals surface area contributed by atoms with Gasteiger partial charge in [0.1, 0.15) is 0 Å². The zero-order valence-corrected chi connectivity index (χ0v) is 8.22. The minimum absolute atomic E-state index is 0.633. The van der Waals surface area contributed by atoms with E-state index < -0.39 is 0 Å². The summed E-state index contributed by atoms with van der Waals surface area (Å²) in [5, 5.41) is 0. The van der Waals surface area contributed by atoms with Crippen LogP contribution in [0.1, 0.15) is 19.8 Å². The van der Waals surface area contributed by atoms with Gasteiger partial charge in [-0.3, -0.25) is 0 Å². The highest BCUT2D eigenvalue weighted by Gasteiger charge is 2.07. The maximum Gasteiger partial charge on any atom is 0.0180 e. The average Bonchev–Trinajstić information content (AvgIpc) is 2.18. The van der Waals surface area contributed by atoms with Crippen molar-refractivity contribution in [1.82, 2.24) is 0 Å². The fourth-order valence-corrected chi connectivity index (χ4v) is 1.60. The van der Waals surface area contributed by atoms with Gasteiger partial charge in [0.2, 0.25) is 0 Å². The summed E-state index contributed by atoms with van der Waals surface area (Å²) in [6.45, 7) is 6.42. The molecule has 13 heavy (non-hydrogen) atoms. The molecule has 0 aliphatic heterocycles. The number of allylic oxidation sites excluding steroid dienone is 5. The fourth-order valence-electron chi connectivity index (χ4n) is 1.60. The van der Waals surface area contributed by atoms with Crippen molar-refractivity contribution in [3.05, 3.63) is 47.6 Å². The topological polar surface area (TPSA) is 26.0 Å². The first-order valence-corrected chi connectivity index (χ1v) is 4.69. The second-order valence-corrected chi connectivity index (χ2v) is 3.21. The molecular formula is C12H17N. The third kappa shape index (κ3) is 2.43. The Kier molecular flexibility index (Phi) is 3.71. The van der Waals surface area contributed by atoms with E-state index in [2.05, 4.69) is 25.7 Å². The van der Waals surface area contributed by atoms with Crippen LogP contribution in [-0.4, -0.2) is 6.54 Å². The molecule has 0 amide bonds. The van der Waals surface area contributed by atoms with Crippen molar-refractivity contribution in [2.24, 2.45) is 5.73 Å². The van der Waals surface area contributed by atoms with Gasteiger partial charge in [0.15, 0.2) is 0 Å². The van der Waals surface area contributed by atoms with E-state index in [1.807, 2.05) is 12.2 Å². The van der Waals surface area contributed by atoms with Crippen LogP contribution in [0.4, 0.5) is 0 Å². The van der Waals surface area contributed by atoms with E-state index in [9.17, 15) is 0 Å². The molecule has 0 radical (unpaired) electrons. The Morgan fingerprint density at radius 2 is 2.23 bits per heavy atom. The van der Waals surface area contributed by atoms with Gasteiger partial charge >= 0.3 is 0 Å². The Balaban J connectivity index is 2.89. The predicted octanol–water partition coefficient (Wildman–Crippen LogP) is 2.72. The van der Waals surface area contributed by atoms with E-state index in [0.29, 0.717) is 6.54 Å². The molecule has 0 aromatic heterocycles. The Bertz CT molecular complexity index is 275. The molecule has 0 heterocycles. The number of nitrogens with two attached hydrogens (primary N) is 1. The number of hydrogen-bond donors (Lipinski definition) is 1. The van der Waals surface area contributed by atoms with E-state index >= 15 is 0 Å². The second-order valence-electron chi connectivity index (χ2n) is 3.21. The Morgan fingerprint density at radius 1 is 1.54 bits per heavy atom. The standard InChI is InChI=1S/C12H17N/c1-3-6-10(2)12-8-5-4-7-11(12)9-13/h3,6-8H,1,4-5,9,13H2,2H3/b10-6+. The molecule has 0 aromatic rings. The molecule has 0 spiro atoms. The van der Waals surface area contributed by atoms with Crippen LogP contribution in [0.3, 0.4) is 0 Å². The third-order valence-electron chi connectivity index (χ3n) is 2.26. The van der Waals surface area contributed by atoms with Gasteiger partial charge in [-0.05, 0) is 36.5 Å². The zero-order chi connectivity index (χ0) is 9.68. The lowest BCUT2D eigenvalue weighted by Gasteiger charge is -2.15. The molecule has 1 rings (SSSR count). The SMILES string of the molecule is C=C/C=C(\C)C1=CCCC=C1CN. The first-order valence-electron chi connectivity index (χ1n) is 4.69. The summed E-state index contributed by atoms with van der Waals surface area (Å²) in [5.74, 6) is 0. The Labute approximate surface area is 80.3 Å². The van der Waals surface area contributed by atoms with Crippen molar-refractivity contribution in [3.8, 4) is 0 Å². The van der Waals surface area contributed by atoms with Gasteiger partial charge in [0.05, 0.1) is 0 Å². The van der Waals surface area contributed by atoms with Gasteiger partial charge < -0.3 is 5.73 Å². The van der Waals surface area contributed by atoms with Crippen molar-refractivity contribution < 1.29 is 0 Å². The summed E-state index contributed by atoms with van der Waals surface area (Å²) in [6.07, 6.45) is 10.6. The second kappa shape index (κ2) is 4.83. The zero-order valence-electron chi connectivity index (χ0n) is 8.22. The molecule has 0 saturated heterocycles. The Morgan fingerprint density at radius 3 is 2.85 bits per heavy atom. The maximum atomic E-state index is 5.67. The lowest BCUT2D eigenvalue weighted by atomic mass is 9.92. The normalized spacial score (nSPS) is 17.8. The summed E-state index contributed by atoms with van der Waals surface area (Å²) in [5.41, 5.74) is 9.49. The lowest BCUT2D eigenvalue weighted by Crippen LogP contribution is -2.08. The van der Waals surface area contributed by atoms with Crippen LogP contribution in [0, 0.1) is 0 Å². The summed E-state index contributed by atoms with van der Waals surface area (Å²) in [4.78, 5) is 0. The molecule has 1 aliphatic rings. The highest BCUT2D eigenvalue weighted by molar-refractivity contribution is 5.48. The molecule has 0 bridgehead atoms. The van der Waals surface area contributed by atoms with Gasteiger partial charge in [-0.15, -0.1) is 0 Å². The molecule has 2 N–H and O–H groups in total. The van der Waals surface area contributed by atoms with Gasteiger partial charge in [0.25, 0.3) is 0 Å². The predicted molar refractivity (Wildman–Crippen MR) is 58.4 cm³/mol.